The second-order valence-corrected chi connectivity index (χ2v) is 6.10. The van der Waals surface area contributed by atoms with Crippen LogP contribution in [-0.4, -0.2) is 18.7 Å². The highest BCUT2D eigenvalue weighted by Gasteiger charge is 2.19. The lowest BCUT2D eigenvalue weighted by Crippen LogP contribution is -2.10. The van der Waals surface area contributed by atoms with Crippen LogP contribution in [0.1, 0.15) is 27.1 Å². The van der Waals surface area contributed by atoms with Gasteiger partial charge in [0, 0.05) is 17.0 Å². The molecule has 4 rings (SSSR count). The number of carbonyl (C=O) groups excluding carboxylic acids is 2. The molecular formula is C22H16O4. The molecule has 26 heavy (non-hydrogen) atoms. The largest absolute Gasteiger partial charge is 0.496 e. The third-order valence-electron chi connectivity index (χ3n) is 4.47. The third-order valence-corrected chi connectivity index (χ3v) is 4.47. The van der Waals surface area contributed by atoms with Crippen LogP contribution < -0.4 is 4.74 Å². The van der Waals surface area contributed by atoms with Crippen molar-refractivity contribution in [3.63, 3.8) is 0 Å². The maximum Gasteiger partial charge on any atom is 0.174 e. The minimum atomic E-state index is -0.275. The Kier molecular flexibility index (Phi) is 4.01. The Morgan fingerprint density at radius 2 is 1.69 bits per heavy atom. The number of furan rings is 1. The normalized spacial score (nSPS) is 11.0. The van der Waals surface area contributed by atoms with Gasteiger partial charge in [-0.1, -0.05) is 36.4 Å². The van der Waals surface area contributed by atoms with Crippen LogP contribution in [0, 0.1) is 0 Å². The van der Waals surface area contributed by atoms with E-state index >= 15 is 0 Å². The fourth-order valence-corrected chi connectivity index (χ4v) is 3.08. The first kappa shape index (κ1) is 16.1. The molecule has 0 radical (unpaired) electrons. The smallest absolute Gasteiger partial charge is 0.174 e. The van der Waals surface area contributed by atoms with Crippen molar-refractivity contribution in [2.75, 3.05) is 7.11 Å². The van der Waals surface area contributed by atoms with Gasteiger partial charge < -0.3 is 9.15 Å². The van der Waals surface area contributed by atoms with Gasteiger partial charge in [-0.05, 0) is 29.0 Å². The number of ether oxygens (including phenoxy) is 1. The molecule has 0 spiro atoms. The number of rotatable bonds is 5. The summed E-state index contributed by atoms with van der Waals surface area (Å²) in [5, 5.41) is 2.83. The van der Waals surface area contributed by atoms with E-state index < -0.39 is 0 Å². The number of hydrogen-bond donors (Lipinski definition) is 0. The maximum atomic E-state index is 12.7. The van der Waals surface area contributed by atoms with E-state index in [-0.39, 0.29) is 18.0 Å². The van der Waals surface area contributed by atoms with Gasteiger partial charge in [-0.15, -0.1) is 0 Å². The number of carbonyl (C=O) groups is 2. The lowest BCUT2D eigenvalue weighted by atomic mass is 9.98. The van der Waals surface area contributed by atoms with Crippen molar-refractivity contribution in [2.45, 2.75) is 6.42 Å². The van der Waals surface area contributed by atoms with E-state index in [4.69, 9.17) is 9.15 Å². The molecule has 4 aromatic rings. The Labute approximate surface area is 150 Å². The van der Waals surface area contributed by atoms with Crippen LogP contribution in [0.25, 0.3) is 21.7 Å². The zero-order valence-corrected chi connectivity index (χ0v) is 14.2. The monoisotopic (exact) mass is 344 g/mol. The fourth-order valence-electron chi connectivity index (χ4n) is 3.08. The molecule has 128 valence electrons. The number of Topliss-reactive ketones (excluding diaryl/α,β-unsaturated/α-hetero) is 2. The summed E-state index contributed by atoms with van der Waals surface area (Å²) in [6.07, 6.45) is 1.34. The third kappa shape index (κ3) is 2.86. The Morgan fingerprint density at radius 3 is 2.50 bits per heavy atom. The molecule has 0 amide bonds. The van der Waals surface area contributed by atoms with E-state index in [0.29, 0.717) is 22.5 Å². The quantitative estimate of drug-likeness (QED) is 0.375. The van der Waals surface area contributed by atoms with Crippen LogP contribution >= 0.6 is 0 Å². The van der Waals surface area contributed by atoms with Crippen molar-refractivity contribution in [1.82, 2.24) is 0 Å². The lowest BCUT2D eigenvalue weighted by molar-refractivity contribution is 0.0893. The van der Waals surface area contributed by atoms with Crippen molar-refractivity contribution in [1.29, 1.82) is 0 Å². The van der Waals surface area contributed by atoms with Gasteiger partial charge in [0.15, 0.2) is 11.6 Å². The van der Waals surface area contributed by atoms with Gasteiger partial charge in [-0.25, -0.2) is 0 Å². The highest BCUT2D eigenvalue weighted by molar-refractivity contribution is 6.16. The minimum absolute atomic E-state index is 0.210. The van der Waals surface area contributed by atoms with Crippen LogP contribution in [0.15, 0.2) is 71.3 Å². The summed E-state index contributed by atoms with van der Waals surface area (Å²) in [5.41, 5.74) is 1.55. The highest BCUT2D eigenvalue weighted by atomic mass is 16.5. The Balaban J connectivity index is 1.63. The average molecular weight is 344 g/mol. The van der Waals surface area contributed by atoms with Crippen molar-refractivity contribution in [3.8, 4) is 5.75 Å². The summed E-state index contributed by atoms with van der Waals surface area (Å²) in [5.74, 6) is -0.0815. The molecule has 1 heterocycles. The molecule has 3 aromatic carbocycles. The van der Waals surface area contributed by atoms with Gasteiger partial charge in [-0.2, -0.15) is 0 Å². The van der Waals surface area contributed by atoms with Crippen LogP contribution in [-0.2, 0) is 0 Å². The number of fused-ring (bicyclic) bond motifs is 2. The molecule has 0 aliphatic heterocycles. The molecule has 4 heteroatoms. The van der Waals surface area contributed by atoms with Gasteiger partial charge >= 0.3 is 0 Å². The van der Waals surface area contributed by atoms with E-state index in [9.17, 15) is 9.59 Å². The number of benzene rings is 3. The first-order valence-corrected chi connectivity index (χ1v) is 8.26. The molecule has 0 unspecified atom stereocenters. The highest BCUT2D eigenvalue weighted by Crippen LogP contribution is 2.28. The van der Waals surface area contributed by atoms with Gasteiger partial charge in [-0.3, -0.25) is 9.59 Å². The molecule has 0 fully saturated rings. The predicted octanol–water partition coefficient (Wildman–Crippen LogP) is 5.05. The molecule has 0 atom stereocenters. The predicted molar refractivity (Wildman–Crippen MR) is 100.0 cm³/mol. The molecule has 0 saturated heterocycles. The molecule has 0 aliphatic carbocycles. The van der Waals surface area contributed by atoms with Crippen LogP contribution in [0.4, 0.5) is 0 Å². The van der Waals surface area contributed by atoms with Crippen molar-refractivity contribution in [3.05, 3.63) is 78.1 Å². The molecule has 0 aliphatic rings. The molecule has 4 nitrogen and oxygen atoms in total. The topological polar surface area (TPSA) is 56.5 Å². The standard InChI is InChI=1S/C22H16O4/c1-25-22-13-21-17(8-9-26-21)11-18(22)20(24)12-19(23)16-7-6-14-4-2-3-5-15(14)10-16/h2-11,13H,12H2,1H3. The summed E-state index contributed by atoms with van der Waals surface area (Å²) < 4.78 is 10.6. The van der Waals surface area contributed by atoms with Crippen molar-refractivity contribution < 1.29 is 18.7 Å². The van der Waals surface area contributed by atoms with Crippen molar-refractivity contribution >= 4 is 33.3 Å². The van der Waals surface area contributed by atoms with Crippen LogP contribution in [0.5, 0.6) is 5.75 Å². The van der Waals surface area contributed by atoms with E-state index in [1.165, 1.54) is 7.11 Å². The van der Waals surface area contributed by atoms with Crippen LogP contribution in [0.3, 0.4) is 0 Å². The lowest BCUT2D eigenvalue weighted by Gasteiger charge is -2.08. The van der Waals surface area contributed by atoms with Gasteiger partial charge in [0.2, 0.25) is 0 Å². The Hall–Kier alpha value is -3.40. The Bertz CT molecular complexity index is 1140. The van der Waals surface area contributed by atoms with E-state index in [2.05, 4.69) is 0 Å². The molecular weight excluding hydrogens is 328 g/mol. The van der Waals surface area contributed by atoms with E-state index in [0.717, 1.165) is 16.2 Å². The molecule has 0 N–H and O–H groups in total. The summed E-state index contributed by atoms with van der Waals surface area (Å²) in [4.78, 5) is 25.3. The molecule has 0 saturated carbocycles. The van der Waals surface area contributed by atoms with Crippen molar-refractivity contribution in [2.24, 2.45) is 0 Å². The summed E-state index contributed by atoms with van der Waals surface area (Å²) in [7, 11) is 1.49. The second kappa shape index (κ2) is 6.48. The van der Waals surface area contributed by atoms with Gasteiger partial charge in [0.05, 0.1) is 25.4 Å². The zero-order chi connectivity index (χ0) is 18.1. The number of methoxy groups -OCH3 is 1. The second-order valence-electron chi connectivity index (χ2n) is 6.10. The molecule has 1 aromatic heterocycles. The Morgan fingerprint density at radius 1 is 0.885 bits per heavy atom. The minimum Gasteiger partial charge on any atom is -0.496 e. The number of hydrogen-bond acceptors (Lipinski definition) is 4. The van der Waals surface area contributed by atoms with Gasteiger partial charge in [0.25, 0.3) is 0 Å². The zero-order valence-electron chi connectivity index (χ0n) is 14.2. The van der Waals surface area contributed by atoms with E-state index in [1.807, 2.05) is 36.4 Å². The van der Waals surface area contributed by atoms with E-state index in [1.54, 1.807) is 30.5 Å². The average Bonchev–Trinajstić information content (AvgIpc) is 3.13. The number of ketones is 2. The fraction of sp³-hybridized carbons (Fsp3) is 0.0909. The van der Waals surface area contributed by atoms with Crippen LogP contribution in [0.2, 0.25) is 0 Å². The van der Waals surface area contributed by atoms with Gasteiger partial charge in [0.1, 0.15) is 11.3 Å². The summed E-state index contributed by atoms with van der Waals surface area (Å²) >= 11 is 0. The maximum absolute atomic E-state index is 12.7. The first-order valence-electron chi connectivity index (χ1n) is 8.26. The first-order chi connectivity index (χ1) is 12.7. The SMILES string of the molecule is COc1cc2occc2cc1C(=O)CC(=O)c1ccc2ccccc2c1. The molecule has 0 bridgehead atoms. The summed E-state index contributed by atoms with van der Waals surface area (Å²) in [6.45, 7) is 0. The summed E-state index contributed by atoms with van der Waals surface area (Å²) in [6, 6.07) is 18.4.